The maximum absolute atomic E-state index is 13.2. The molecular formula is C22H26N2O8S. The Kier molecular flexibility index (Phi) is 6.37. The van der Waals surface area contributed by atoms with Crippen LogP contribution in [0.4, 0.5) is 16.2 Å². The minimum atomic E-state index is -4.38. The Hall–Kier alpha value is -3.02. The molecule has 11 heteroatoms. The van der Waals surface area contributed by atoms with Crippen LogP contribution in [0.3, 0.4) is 0 Å². The summed E-state index contributed by atoms with van der Waals surface area (Å²) in [6.45, 7) is 2.62. The molecule has 2 aliphatic rings. The van der Waals surface area contributed by atoms with E-state index in [0.29, 0.717) is 36.4 Å². The van der Waals surface area contributed by atoms with Gasteiger partial charge < -0.3 is 29.0 Å². The van der Waals surface area contributed by atoms with Crippen molar-refractivity contribution in [3.8, 4) is 11.5 Å². The van der Waals surface area contributed by atoms with Crippen LogP contribution in [0.2, 0.25) is 0 Å². The molecule has 0 bridgehead atoms. The number of carboxylic acid groups (broad SMARTS) is 1. The van der Waals surface area contributed by atoms with Crippen molar-refractivity contribution >= 4 is 27.5 Å². The maximum atomic E-state index is 13.2. The number of sulfonamides is 1. The van der Waals surface area contributed by atoms with Crippen molar-refractivity contribution in [1.29, 1.82) is 0 Å². The molecule has 2 saturated heterocycles. The van der Waals surface area contributed by atoms with E-state index in [1.54, 1.807) is 12.1 Å². The number of methoxy groups -OCH3 is 2. The molecule has 1 amide bonds. The Morgan fingerprint density at radius 2 is 1.61 bits per heavy atom. The summed E-state index contributed by atoms with van der Waals surface area (Å²) in [5.41, 5.74) is 0.761. The number of amides is 1. The molecule has 2 fully saturated rings. The zero-order valence-electron chi connectivity index (χ0n) is 18.4. The second-order valence-electron chi connectivity index (χ2n) is 7.68. The zero-order valence-corrected chi connectivity index (χ0v) is 19.2. The molecule has 0 aromatic heterocycles. The smallest absolute Gasteiger partial charge is 0.426 e. The van der Waals surface area contributed by atoms with Crippen molar-refractivity contribution in [3.05, 3.63) is 42.5 Å². The molecular weight excluding hydrogens is 452 g/mol. The van der Waals surface area contributed by atoms with Gasteiger partial charge in [-0.2, -0.15) is 4.31 Å². The van der Waals surface area contributed by atoms with Crippen molar-refractivity contribution in [2.24, 2.45) is 0 Å². The summed E-state index contributed by atoms with van der Waals surface area (Å²) in [4.78, 5) is 13.9. The number of rotatable bonds is 6. The average Bonchev–Trinajstić information content (AvgIpc) is 3.27. The third kappa shape index (κ3) is 4.43. The van der Waals surface area contributed by atoms with Crippen molar-refractivity contribution in [3.63, 3.8) is 0 Å². The average molecular weight is 479 g/mol. The fourth-order valence-electron chi connectivity index (χ4n) is 4.13. The van der Waals surface area contributed by atoms with Crippen LogP contribution >= 0.6 is 0 Å². The van der Waals surface area contributed by atoms with Gasteiger partial charge in [-0.1, -0.05) is 0 Å². The number of benzene rings is 2. The van der Waals surface area contributed by atoms with Gasteiger partial charge in [-0.3, -0.25) is 0 Å². The maximum Gasteiger partial charge on any atom is 0.426 e. The largest absolute Gasteiger partial charge is 0.493 e. The molecule has 33 heavy (non-hydrogen) atoms. The Bertz CT molecular complexity index is 1100. The van der Waals surface area contributed by atoms with E-state index in [4.69, 9.17) is 18.9 Å². The van der Waals surface area contributed by atoms with E-state index in [1.807, 2.05) is 0 Å². The van der Waals surface area contributed by atoms with Gasteiger partial charge in [0.05, 0.1) is 38.0 Å². The number of anilines is 2. The Morgan fingerprint density at radius 3 is 2.15 bits per heavy atom. The molecule has 0 radical (unpaired) electrons. The quantitative estimate of drug-likeness (QED) is 0.669. The summed E-state index contributed by atoms with van der Waals surface area (Å²) in [6, 6.07) is 10.3. The van der Waals surface area contributed by atoms with Gasteiger partial charge >= 0.3 is 6.09 Å². The van der Waals surface area contributed by atoms with Gasteiger partial charge in [0.1, 0.15) is 0 Å². The Balaban J connectivity index is 1.56. The summed E-state index contributed by atoms with van der Waals surface area (Å²) >= 11 is 0. The Labute approximate surface area is 192 Å². The molecule has 178 valence electrons. The second-order valence-corrected chi connectivity index (χ2v) is 9.47. The summed E-state index contributed by atoms with van der Waals surface area (Å²) < 4.78 is 48.6. The molecule has 0 unspecified atom stereocenters. The van der Waals surface area contributed by atoms with Gasteiger partial charge in [0.15, 0.2) is 17.3 Å². The fraction of sp³-hybridized carbons (Fsp3) is 0.409. The second kappa shape index (κ2) is 9.08. The first-order chi connectivity index (χ1) is 15.8. The SMILES string of the molecule is COc1ccc(N(C(=O)O)S(=O)(=O)c2ccc(N3CCC4(CC3)OCCO4)cc2)cc1OC. The summed E-state index contributed by atoms with van der Waals surface area (Å²) in [7, 11) is -1.57. The number of piperidine rings is 1. The molecule has 2 aromatic rings. The molecule has 1 N–H and O–H groups in total. The highest BCUT2D eigenvalue weighted by atomic mass is 32.2. The lowest BCUT2D eigenvalue weighted by molar-refractivity contribution is -0.169. The molecule has 2 aliphatic heterocycles. The monoisotopic (exact) mass is 478 g/mol. The molecule has 4 rings (SSSR count). The highest BCUT2D eigenvalue weighted by Crippen LogP contribution is 2.35. The predicted molar refractivity (Wildman–Crippen MR) is 120 cm³/mol. The van der Waals surface area contributed by atoms with E-state index in [1.165, 1.54) is 44.6 Å². The molecule has 0 saturated carbocycles. The van der Waals surface area contributed by atoms with E-state index < -0.39 is 21.9 Å². The molecule has 10 nitrogen and oxygen atoms in total. The van der Waals surface area contributed by atoms with Gasteiger partial charge in [-0.05, 0) is 36.4 Å². The minimum Gasteiger partial charge on any atom is -0.493 e. The minimum absolute atomic E-state index is 0.0814. The predicted octanol–water partition coefficient (Wildman–Crippen LogP) is 2.92. The highest BCUT2D eigenvalue weighted by molar-refractivity contribution is 7.93. The normalized spacial score (nSPS) is 17.7. The summed E-state index contributed by atoms with van der Waals surface area (Å²) in [6.07, 6.45) is -0.192. The number of carbonyl (C=O) groups is 1. The first kappa shape index (κ1) is 23.1. The Morgan fingerprint density at radius 1 is 1.00 bits per heavy atom. The fourth-order valence-corrected chi connectivity index (χ4v) is 5.42. The first-order valence-electron chi connectivity index (χ1n) is 10.4. The van der Waals surface area contributed by atoms with E-state index in [0.717, 1.165) is 18.5 Å². The lowest BCUT2D eigenvalue weighted by Gasteiger charge is -2.38. The van der Waals surface area contributed by atoms with E-state index in [2.05, 4.69) is 4.90 Å². The number of ether oxygens (including phenoxy) is 4. The van der Waals surface area contributed by atoms with Gasteiger partial charge in [-0.25, -0.2) is 13.2 Å². The number of hydrogen-bond donors (Lipinski definition) is 1. The number of hydrogen-bond acceptors (Lipinski definition) is 8. The molecule has 0 aliphatic carbocycles. The van der Waals surface area contributed by atoms with Crippen LogP contribution in [0.15, 0.2) is 47.4 Å². The van der Waals surface area contributed by atoms with Gasteiger partial charge in [0.2, 0.25) is 0 Å². The van der Waals surface area contributed by atoms with Crippen molar-refractivity contribution in [1.82, 2.24) is 0 Å². The van der Waals surface area contributed by atoms with Crippen molar-refractivity contribution in [2.75, 3.05) is 49.7 Å². The molecule has 1 spiro atoms. The van der Waals surface area contributed by atoms with Crippen LogP contribution < -0.4 is 18.7 Å². The lowest BCUT2D eigenvalue weighted by atomic mass is 10.0. The molecule has 2 heterocycles. The van der Waals surface area contributed by atoms with Crippen LogP contribution in [0.5, 0.6) is 11.5 Å². The van der Waals surface area contributed by atoms with Gasteiger partial charge in [-0.15, -0.1) is 0 Å². The van der Waals surface area contributed by atoms with Gasteiger partial charge in [0.25, 0.3) is 10.0 Å². The van der Waals surface area contributed by atoms with Crippen LogP contribution in [-0.2, 0) is 19.5 Å². The number of nitrogens with zero attached hydrogens (tertiary/aromatic N) is 2. The van der Waals surface area contributed by atoms with E-state index in [-0.39, 0.29) is 16.3 Å². The van der Waals surface area contributed by atoms with E-state index >= 15 is 0 Å². The standard InChI is InChI=1S/C22H26N2O8S/c1-29-19-8-5-17(15-20(19)30-2)24(21(25)26)33(27,28)18-6-3-16(4-7-18)23-11-9-22(10-12-23)31-13-14-32-22/h3-8,15H,9-14H2,1-2H3,(H,25,26). The van der Waals surface area contributed by atoms with Crippen LogP contribution in [0.1, 0.15) is 12.8 Å². The zero-order chi connectivity index (χ0) is 23.6. The highest BCUT2D eigenvalue weighted by Gasteiger charge is 2.40. The molecule has 0 atom stereocenters. The first-order valence-corrected chi connectivity index (χ1v) is 11.9. The summed E-state index contributed by atoms with van der Waals surface area (Å²) in [5, 5.41) is 9.72. The van der Waals surface area contributed by atoms with Crippen LogP contribution in [0.25, 0.3) is 0 Å². The lowest BCUT2D eigenvalue weighted by Crippen LogP contribution is -2.45. The van der Waals surface area contributed by atoms with Crippen LogP contribution in [0, 0.1) is 0 Å². The molecule has 2 aromatic carbocycles. The summed E-state index contributed by atoms with van der Waals surface area (Å²) in [5.74, 6) is 0.0659. The third-order valence-corrected chi connectivity index (χ3v) is 7.57. The van der Waals surface area contributed by atoms with E-state index in [9.17, 15) is 18.3 Å². The van der Waals surface area contributed by atoms with Crippen molar-refractivity contribution in [2.45, 2.75) is 23.5 Å². The van der Waals surface area contributed by atoms with Gasteiger partial charge in [0, 0.05) is 37.7 Å². The van der Waals surface area contributed by atoms with Crippen molar-refractivity contribution < 1.29 is 37.3 Å². The topological polar surface area (TPSA) is 115 Å². The third-order valence-electron chi connectivity index (χ3n) is 5.85. The van der Waals surface area contributed by atoms with Crippen LogP contribution in [-0.4, -0.2) is 65.9 Å².